The van der Waals surface area contributed by atoms with Gasteiger partial charge in [0.1, 0.15) is 12.4 Å². The highest BCUT2D eigenvalue weighted by Gasteiger charge is 2.04. The molecule has 2 rings (SSSR count). The Kier molecular flexibility index (Phi) is 4.11. The number of aliphatic imine (C=N–C) groups is 1. The summed E-state index contributed by atoms with van der Waals surface area (Å²) in [5.74, 6) is 0.843. The van der Waals surface area contributed by atoms with Gasteiger partial charge < -0.3 is 4.74 Å². The van der Waals surface area contributed by atoms with E-state index in [9.17, 15) is 4.79 Å². The molecule has 0 fully saturated rings. The third kappa shape index (κ3) is 3.30. The number of para-hydroxylation sites is 1. The van der Waals surface area contributed by atoms with E-state index in [1.165, 1.54) is 5.56 Å². The maximum atomic E-state index is 10.4. The van der Waals surface area contributed by atoms with Gasteiger partial charge in [0.2, 0.25) is 6.08 Å². The van der Waals surface area contributed by atoms with Crippen LogP contribution in [0.5, 0.6) is 5.75 Å². The van der Waals surface area contributed by atoms with Gasteiger partial charge in [-0.3, -0.25) is 0 Å². The summed E-state index contributed by atoms with van der Waals surface area (Å²) in [6, 6.07) is 13.4. The van der Waals surface area contributed by atoms with Crippen LogP contribution in [0.4, 0.5) is 5.69 Å². The second-order valence-corrected chi connectivity index (χ2v) is 4.39. The lowest BCUT2D eigenvalue weighted by atomic mass is 10.1. The first-order valence-corrected chi connectivity index (χ1v) is 6.06. The predicted octanol–water partition coefficient (Wildman–Crippen LogP) is 3.85. The smallest absolute Gasteiger partial charge is 0.240 e. The van der Waals surface area contributed by atoms with Gasteiger partial charge in [-0.25, -0.2) is 4.79 Å². The van der Waals surface area contributed by atoms with Crippen molar-refractivity contribution in [3.8, 4) is 5.75 Å². The number of aryl methyl sites for hydroxylation is 2. The van der Waals surface area contributed by atoms with E-state index in [0.717, 1.165) is 16.9 Å². The minimum Gasteiger partial charge on any atom is -0.489 e. The lowest BCUT2D eigenvalue weighted by Gasteiger charge is -2.10. The molecule has 0 radical (unpaired) electrons. The highest BCUT2D eigenvalue weighted by molar-refractivity contribution is 5.53. The minimum atomic E-state index is 0.380. The van der Waals surface area contributed by atoms with Gasteiger partial charge in [-0.1, -0.05) is 35.9 Å². The molecule has 0 bridgehead atoms. The molecule has 0 amide bonds. The molecule has 0 aliphatic heterocycles. The zero-order valence-corrected chi connectivity index (χ0v) is 11.0. The molecule has 2 aromatic rings. The van der Waals surface area contributed by atoms with Crippen LogP contribution in [-0.4, -0.2) is 6.08 Å². The third-order valence-corrected chi connectivity index (χ3v) is 2.87. The van der Waals surface area contributed by atoms with Crippen LogP contribution in [0, 0.1) is 13.8 Å². The summed E-state index contributed by atoms with van der Waals surface area (Å²) in [6.45, 7) is 4.44. The molecule has 0 saturated heterocycles. The summed E-state index contributed by atoms with van der Waals surface area (Å²) in [6.07, 6.45) is 1.56. The number of isocyanates is 1. The van der Waals surface area contributed by atoms with Crippen LogP contribution in [0.2, 0.25) is 0 Å². The fourth-order valence-corrected chi connectivity index (χ4v) is 1.91. The van der Waals surface area contributed by atoms with Gasteiger partial charge in [0.05, 0.1) is 5.69 Å². The van der Waals surface area contributed by atoms with Crippen LogP contribution in [-0.2, 0) is 11.4 Å². The molecule has 3 nitrogen and oxygen atoms in total. The van der Waals surface area contributed by atoms with Crippen molar-refractivity contribution >= 4 is 11.8 Å². The Balaban J connectivity index is 2.16. The van der Waals surface area contributed by atoms with Crippen LogP contribution in [0.25, 0.3) is 0 Å². The normalized spacial score (nSPS) is 9.79. The standard InChI is InChI=1S/C16H15NO2/c1-12-7-8-16(13(2)9-12)19-10-14-5-3-4-6-15(14)17-11-18/h3-9H,10H2,1-2H3. The van der Waals surface area contributed by atoms with Crippen LogP contribution in [0.1, 0.15) is 16.7 Å². The number of nitrogens with zero attached hydrogens (tertiary/aromatic N) is 1. The summed E-state index contributed by atoms with van der Waals surface area (Å²) in [7, 11) is 0. The number of benzene rings is 2. The van der Waals surface area contributed by atoms with Crippen molar-refractivity contribution in [1.82, 2.24) is 0 Å². The number of hydrogen-bond donors (Lipinski definition) is 0. The van der Waals surface area contributed by atoms with Crippen molar-refractivity contribution in [3.05, 3.63) is 59.2 Å². The van der Waals surface area contributed by atoms with Gasteiger partial charge in [-0.05, 0) is 31.5 Å². The molecule has 3 heteroatoms. The Morgan fingerprint density at radius 3 is 2.68 bits per heavy atom. The molecule has 19 heavy (non-hydrogen) atoms. The zero-order valence-electron chi connectivity index (χ0n) is 11.0. The van der Waals surface area contributed by atoms with Gasteiger partial charge in [0.25, 0.3) is 0 Å². The van der Waals surface area contributed by atoms with Crippen LogP contribution in [0.3, 0.4) is 0 Å². The molecule has 0 atom stereocenters. The first-order chi connectivity index (χ1) is 9.20. The Labute approximate surface area is 112 Å². The molecule has 0 saturated carbocycles. The van der Waals surface area contributed by atoms with Gasteiger partial charge in [0.15, 0.2) is 0 Å². The van der Waals surface area contributed by atoms with Crippen molar-refractivity contribution in [3.63, 3.8) is 0 Å². The average molecular weight is 253 g/mol. The fourth-order valence-electron chi connectivity index (χ4n) is 1.91. The Morgan fingerprint density at radius 2 is 1.95 bits per heavy atom. The number of carbonyl (C=O) groups excluding carboxylic acids is 1. The quantitative estimate of drug-likeness (QED) is 0.613. The Morgan fingerprint density at radius 1 is 1.16 bits per heavy atom. The second kappa shape index (κ2) is 5.98. The Bertz CT molecular complexity index is 628. The molecule has 0 N–H and O–H groups in total. The molecule has 0 heterocycles. The van der Waals surface area contributed by atoms with Crippen LogP contribution < -0.4 is 4.74 Å². The lowest BCUT2D eigenvalue weighted by Crippen LogP contribution is -1.97. The van der Waals surface area contributed by atoms with E-state index in [0.29, 0.717) is 12.3 Å². The van der Waals surface area contributed by atoms with Gasteiger partial charge >= 0.3 is 0 Å². The van der Waals surface area contributed by atoms with E-state index in [-0.39, 0.29) is 0 Å². The summed E-state index contributed by atoms with van der Waals surface area (Å²) >= 11 is 0. The fraction of sp³-hybridized carbons (Fsp3) is 0.188. The topological polar surface area (TPSA) is 38.7 Å². The van der Waals surface area contributed by atoms with Crippen LogP contribution in [0.15, 0.2) is 47.5 Å². The Hall–Kier alpha value is -2.38. The van der Waals surface area contributed by atoms with Gasteiger partial charge in [0, 0.05) is 5.56 Å². The zero-order chi connectivity index (χ0) is 13.7. The SMILES string of the molecule is Cc1ccc(OCc2ccccc2N=C=O)c(C)c1. The average Bonchev–Trinajstić information content (AvgIpc) is 2.40. The van der Waals surface area contributed by atoms with Gasteiger partial charge in [-0.2, -0.15) is 4.99 Å². The highest BCUT2D eigenvalue weighted by Crippen LogP contribution is 2.23. The van der Waals surface area contributed by atoms with Crippen LogP contribution >= 0.6 is 0 Å². The van der Waals surface area contributed by atoms with Gasteiger partial charge in [-0.15, -0.1) is 0 Å². The summed E-state index contributed by atoms with van der Waals surface area (Å²) in [5.41, 5.74) is 3.76. The molecule has 0 aromatic heterocycles. The third-order valence-electron chi connectivity index (χ3n) is 2.87. The molecule has 0 unspecified atom stereocenters. The van der Waals surface area contributed by atoms with Crippen molar-refractivity contribution in [1.29, 1.82) is 0 Å². The summed E-state index contributed by atoms with van der Waals surface area (Å²) in [4.78, 5) is 14.0. The molecule has 96 valence electrons. The second-order valence-electron chi connectivity index (χ2n) is 4.39. The molecule has 0 spiro atoms. The monoisotopic (exact) mass is 253 g/mol. The predicted molar refractivity (Wildman–Crippen MR) is 74.5 cm³/mol. The van der Waals surface area contributed by atoms with Crippen molar-refractivity contribution in [2.75, 3.05) is 0 Å². The summed E-state index contributed by atoms with van der Waals surface area (Å²) < 4.78 is 5.78. The number of hydrogen-bond acceptors (Lipinski definition) is 3. The van der Waals surface area contributed by atoms with Crippen molar-refractivity contribution in [2.24, 2.45) is 4.99 Å². The maximum absolute atomic E-state index is 10.4. The van der Waals surface area contributed by atoms with E-state index in [2.05, 4.69) is 11.1 Å². The molecule has 2 aromatic carbocycles. The maximum Gasteiger partial charge on any atom is 0.240 e. The van der Waals surface area contributed by atoms with E-state index >= 15 is 0 Å². The van der Waals surface area contributed by atoms with E-state index in [1.54, 1.807) is 12.1 Å². The lowest BCUT2D eigenvalue weighted by molar-refractivity contribution is 0.304. The minimum absolute atomic E-state index is 0.380. The first-order valence-electron chi connectivity index (χ1n) is 6.06. The highest BCUT2D eigenvalue weighted by atomic mass is 16.5. The molecule has 0 aliphatic carbocycles. The summed E-state index contributed by atoms with van der Waals surface area (Å²) in [5, 5.41) is 0. The largest absolute Gasteiger partial charge is 0.489 e. The molecular formula is C16H15NO2. The van der Waals surface area contributed by atoms with E-state index < -0.39 is 0 Å². The molecule has 0 aliphatic rings. The number of ether oxygens (including phenoxy) is 1. The number of rotatable bonds is 4. The van der Waals surface area contributed by atoms with Crippen molar-refractivity contribution < 1.29 is 9.53 Å². The van der Waals surface area contributed by atoms with E-state index in [1.807, 2.05) is 44.2 Å². The molecular weight excluding hydrogens is 238 g/mol. The van der Waals surface area contributed by atoms with Crippen molar-refractivity contribution in [2.45, 2.75) is 20.5 Å². The van der Waals surface area contributed by atoms with E-state index in [4.69, 9.17) is 4.74 Å². The first kappa shape index (κ1) is 13.1.